The first-order valence-corrected chi connectivity index (χ1v) is 14.6. The summed E-state index contributed by atoms with van der Waals surface area (Å²) in [7, 11) is 0. The average molecular weight is 662 g/mol. The second-order valence-electron chi connectivity index (χ2n) is 11.3. The van der Waals surface area contributed by atoms with Crippen LogP contribution in [0.3, 0.4) is 0 Å². The van der Waals surface area contributed by atoms with Crippen LogP contribution in [0, 0.1) is 0 Å². The van der Waals surface area contributed by atoms with Gasteiger partial charge in [-0.2, -0.15) is 26.3 Å². The number of ether oxygens (including phenoxy) is 2. The number of urea groups is 1. The first-order chi connectivity index (χ1) is 22.3. The van der Waals surface area contributed by atoms with Crippen molar-refractivity contribution in [3.05, 3.63) is 89.1 Å². The molecule has 9 nitrogen and oxygen atoms in total. The third-order valence-electron chi connectivity index (χ3n) is 8.08. The van der Waals surface area contributed by atoms with Crippen LogP contribution in [0.5, 0.6) is 11.5 Å². The SMILES string of the molecule is O=C(Nc1cc(C(F)(F)F)cc(C(F)(F)F)c1)NC(Cc1c[nH]c2ccccc12)C(=O)N1CCN(Cc2ccc3c(c2)OCO3)CC1. The van der Waals surface area contributed by atoms with Gasteiger partial charge in [0, 0.05) is 61.9 Å². The Morgan fingerprint density at radius 1 is 0.851 bits per heavy atom. The smallest absolute Gasteiger partial charge is 0.416 e. The minimum Gasteiger partial charge on any atom is -0.454 e. The number of nitrogens with one attached hydrogen (secondary N) is 3. The first-order valence-electron chi connectivity index (χ1n) is 14.6. The molecule has 0 spiro atoms. The molecule has 4 aromatic rings. The van der Waals surface area contributed by atoms with Gasteiger partial charge in [-0.05, 0) is 47.5 Å². The lowest BCUT2D eigenvalue weighted by Crippen LogP contribution is -2.55. The number of carbonyl (C=O) groups is 2. The number of alkyl halides is 6. The number of aromatic amines is 1. The van der Waals surface area contributed by atoms with E-state index in [1.54, 1.807) is 11.1 Å². The number of benzene rings is 3. The van der Waals surface area contributed by atoms with Crippen molar-refractivity contribution in [3.63, 3.8) is 0 Å². The molecule has 6 rings (SSSR count). The van der Waals surface area contributed by atoms with E-state index >= 15 is 0 Å². The molecular formula is C32H29F6N5O4. The number of aromatic nitrogens is 1. The molecule has 1 aromatic heterocycles. The predicted molar refractivity (Wildman–Crippen MR) is 159 cm³/mol. The van der Waals surface area contributed by atoms with Crippen LogP contribution in [0.1, 0.15) is 22.3 Å². The Morgan fingerprint density at radius 2 is 1.53 bits per heavy atom. The fraction of sp³-hybridized carbons (Fsp3) is 0.312. The molecular weight excluding hydrogens is 632 g/mol. The number of nitrogens with zero attached hydrogens (tertiary/aromatic N) is 2. The number of carbonyl (C=O) groups excluding carboxylic acids is 2. The van der Waals surface area contributed by atoms with E-state index in [1.165, 1.54) is 0 Å². The molecule has 2 aliphatic rings. The van der Waals surface area contributed by atoms with Crippen molar-refractivity contribution in [2.24, 2.45) is 0 Å². The van der Waals surface area contributed by atoms with Gasteiger partial charge in [-0.15, -0.1) is 0 Å². The highest BCUT2D eigenvalue weighted by Gasteiger charge is 2.37. The topological polar surface area (TPSA) is 98.9 Å². The molecule has 3 amide bonds. The number of rotatable bonds is 7. The first kappa shape index (κ1) is 32.0. The van der Waals surface area contributed by atoms with Gasteiger partial charge >= 0.3 is 18.4 Å². The van der Waals surface area contributed by atoms with Crippen LogP contribution in [0.2, 0.25) is 0 Å². The summed E-state index contributed by atoms with van der Waals surface area (Å²) in [5, 5.41) is 5.37. The molecule has 1 fully saturated rings. The summed E-state index contributed by atoms with van der Waals surface area (Å²) in [5.74, 6) is 0.907. The lowest BCUT2D eigenvalue weighted by molar-refractivity contribution is -0.143. The maximum atomic E-state index is 13.8. The lowest BCUT2D eigenvalue weighted by atomic mass is 10.0. The molecule has 248 valence electrons. The lowest BCUT2D eigenvalue weighted by Gasteiger charge is -2.36. The molecule has 3 aromatic carbocycles. The zero-order valence-electron chi connectivity index (χ0n) is 24.7. The van der Waals surface area contributed by atoms with Gasteiger partial charge in [-0.1, -0.05) is 24.3 Å². The molecule has 2 aliphatic heterocycles. The normalized spacial score (nSPS) is 15.9. The van der Waals surface area contributed by atoms with Gasteiger partial charge in [-0.3, -0.25) is 9.69 Å². The van der Waals surface area contributed by atoms with E-state index < -0.39 is 47.1 Å². The van der Waals surface area contributed by atoms with E-state index in [0.717, 1.165) is 16.5 Å². The third-order valence-corrected chi connectivity index (χ3v) is 8.08. The Bertz CT molecular complexity index is 1750. The van der Waals surface area contributed by atoms with Gasteiger partial charge in [0.15, 0.2) is 11.5 Å². The van der Waals surface area contributed by atoms with Crippen LogP contribution in [0.15, 0.2) is 66.9 Å². The van der Waals surface area contributed by atoms with Gasteiger partial charge in [0.1, 0.15) is 6.04 Å². The van der Waals surface area contributed by atoms with Gasteiger partial charge in [-0.25, -0.2) is 4.79 Å². The molecule has 1 atom stereocenters. The zero-order valence-corrected chi connectivity index (χ0v) is 24.7. The highest BCUT2D eigenvalue weighted by atomic mass is 19.4. The number of hydrogen-bond donors (Lipinski definition) is 3. The molecule has 0 aliphatic carbocycles. The Balaban J connectivity index is 1.17. The van der Waals surface area contributed by atoms with E-state index in [9.17, 15) is 35.9 Å². The van der Waals surface area contributed by atoms with Crippen molar-refractivity contribution >= 4 is 28.5 Å². The number of halogens is 6. The standard InChI is InChI=1S/C32H29F6N5O4/c33-31(34,35)21-13-22(32(36,37)38)15-23(14-21)40-30(45)41-26(12-20-16-39-25-4-2-1-3-24(20)25)29(44)43-9-7-42(8-10-43)17-19-5-6-27-28(11-19)47-18-46-27/h1-6,11,13-16,26,39H,7-10,12,17-18H2,(H2,40,41,45). The van der Waals surface area contributed by atoms with E-state index in [-0.39, 0.29) is 19.3 Å². The molecule has 47 heavy (non-hydrogen) atoms. The van der Waals surface area contributed by atoms with E-state index in [0.29, 0.717) is 61.9 Å². The van der Waals surface area contributed by atoms with E-state index in [2.05, 4.69) is 20.5 Å². The van der Waals surface area contributed by atoms with Crippen LogP contribution in [-0.2, 0) is 30.1 Å². The number of anilines is 1. The minimum atomic E-state index is -5.09. The zero-order chi connectivity index (χ0) is 33.3. The number of amides is 3. The number of piperazine rings is 1. The monoisotopic (exact) mass is 661 g/mol. The summed E-state index contributed by atoms with van der Waals surface area (Å²) in [5.41, 5.74) is -1.38. The van der Waals surface area contributed by atoms with E-state index in [4.69, 9.17) is 9.47 Å². The minimum absolute atomic E-state index is 0.0179. The number of hydrogen-bond acceptors (Lipinski definition) is 5. The Kier molecular flexibility index (Phi) is 8.66. The van der Waals surface area contributed by atoms with Crippen molar-refractivity contribution < 1.29 is 45.4 Å². The molecule has 15 heteroatoms. The fourth-order valence-electron chi connectivity index (χ4n) is 5.72. The fourth-order valence-corrected chi connectivity index (χ4v) is 5.72. The molecule has 1 saturated heterocycles. The summed E-state index contributed by atoms with van der Waals surface area (Å²) in [6.07, 6.45) is -8.47. The molecule has 1 unspecified atom stereocenters. The van der Waals surface area contributed by atoms with Crippen LogP contribution < -0.4 is 20.1 Å². The highest BCUT2D eigenvalue weighted by molar-refractivity contribution is 5.94. The molecule has 3 N–H and O–H groups in total. The van der Waals surface area contributed by atoms with Crippen LogP contribution in [0.25, 0.3) is 10.9 Å². The summed E-state index contributed by atoms with van der Waals surface area (Å²) in [6.45, 7) is 2.49. The summed E-state index contributed by atoms with van der Waals surface area (Å²) >= 11 is 0. The maximum Gasteiger partial charge on any atom is 0.416 e. The Hall–Kier alpha value is -4.92. The van der Waals surface area contributed by atoms with Gasteiger partial charge < -0.3 is 30.0 Å². The van der Waals surface area contributed by atoms with E-state index in [1.807, 2.05) is 42.5 Å². The van der Waals surface area contributed by atoms with Gasteiger partial charge in [0.2, 0.25) is 12.7 Å². The van der Waals surface area contributed by atoms with Crippen LogP contribution >= 0.6 is 0 Å². The Morgan fingerprint density at radius 3 is 2.23 bits per heavy atom. The largest absolute Gasteiger partial charge is 0.454 e. The molecule has 0 radical (unpaired) electrons. The third kappa shape index (κ3) is 7.40. The van der Waals surface area contributed by atoms with Crippen LogP contribution in [-0.4, -0.2) is 65.7 Å². The van der Waals surface area contributed by atoms with Gasteiger partial charge in [0.25, 0.3) is 0 Å². The Labute approximate surface area is 264 Å². The molecule has 0 saturated carbocycles. The van der Waals surface area contributed by atoms with Crippen molar-refractivity contribution in [1.82, 2.24) is 20.1 Å². The van der Waals surface area contributed by atoms with Gasteiger partial charge in [0.05, 0.1) is 11.1 Å². The van der Waals surface area contributed by atoms with Crippen LogP contribution in [0.4, 0.5) is 36.8 Å². The maximum absolute atomic E-state index is 13.8. The number of H-pyrrole nitrogens is 1. The van der Waals surface area contributed by atoms with Crippen molar-refractivity contribution in [3.8, 4) is 11.5 Å². The van der Waals surface area contributed by atoms with Crippen molar-refractivity contribution in [2.45, 2.75) is 31.4 Å². The van der Waals surface area contributed by atoms with Crippen molar-refractivity contribution in [2.75, 3.05) is 38.3 Å². The highest BCUT2D eigenvalue weighted by Crippen LogP contribution is 2.38. The second kappa shape index (κ2) is 12.7. The summed E-state index contributed by atoms with van der Waals surface area (Å²) < 4.78 is 91.1. The predicted octanol–water partition coefficient (Wildman–Crippen LogP) is 6.01. The quantitative estimate of drug-likeness (QED) is 0.211. The second-order valence-corrected chi connectivity index (χ2v) is 11.3. The van der Waals surface area contributed by atoms with Crippen molar-refractivity contribution in [1.29, 1.82) is 0 Å². The summed E-state index contributed by atoms with van der Waals surface area (Å²) in [4.78, 5) is 33.7. The molecule has 0 bridgehead atoms. The average Bonchev–Trinajstić information content (AvgIpc) is 3.66. The molecule has 3 heterocycles. The summed E-state index contributed by atoms with van der Waals surface area (Å²) in [6, 6.07) is 11.5. The number of fused-ring (bicyclic) bond motifs is 2. The number of para-hydroxylation sites is 1.